The Morgan fingerprint density at radius 1 is 0.974 bits per heavy atom. The minimum atomic E-state index is -3.89. The summed E-state index contributed by atoms with van der Waals surface area (Å²) in [6, 6.07) is 19.3. The van der Waals surface area contributed by atoms with E-state index >= 15 is 0 Å². The molecule has 0 unspecified atom stereocenters. The van der Waals surface area contributed by atoms with Crippen LogP contribution in [0.1, 0.15) is 11.1 Å². The molecule has 0 bridgehead atoms. The zero-order valence-electron chi connectivity index (χ0n) is 20.3. The average molecular weight is 542 g/mol. The number of ether oxygens (including phenoxy) is 1. The number of pyridine rings is 1. The maximum atomic E-state index is 12.9. The summed E-state index contributed by atoms with van der Waals surface area (Å²) >= 11 is 6.20. The first kappa shape index (κ1) is 25.1. The van der Waals surface area contributed by atoms with Crippen LogP contribution in [0.5, 0.6) is 5.75 Å². The van der Waals surface area contributed by atoms with Crippen molar-refractivity contribution in [3.05, 3.63) is 95.5 Å². The van der Waals surface area contributed by atoms with Crippen LogP contribution in [0.2, 0.25) is 5.02 Å². The number of anilines is 1. The van der Waals surface area contributed by atoms with Crippen LogP contribution in [0.3, 0.4) is 0 Å². The summed E-state index contributed by atoms with van der Waals surface area (Å²) in [6.07, 6.45) is 4.30. The number of aryl methyl sites for hydroxylation is 1. The molecule has 0 aliphatic heterocycles. The van der Waals surface area contributed by atoms with Gasteiger partial charge in [0.15, 0.2) is 0 Å². The van der Waals surface area contributed by atoms with Crippen molar-refractivity contribution in [3.8, 4) is 34.2 Å². The van der Waals surface area contributed by atoms with Crippen LogP contribution >= 0.6 is 11.6 Å². The Kier molecular flexibility index (Phi) is 6.68. The average Bonchev–Trinajstić information content (AvgIpc) is 2.93. The summed E-state index contributed by atoms with van der Waals surface area (Å²) in [5, 5.41) is 12.0. The van der Waals surface area contributed by atoms with E-state index in [0.29, 0.717) is 43.9 Å². The molecule has 5 rings (SSSR count). The highest BCUT2D eigenvalue weighted by atomic mass is 35.5. The van der Waals surface area contributed by atoms with Crippen molar-refractivity contribution < 1.29 is 13.2 Å². The van der Waals surface area contributed by atoms with Gasteiger partial charge in [-0.25, -0.2) is 18.4 Å². The molecule has 10 heteroatoms. The molecule has 0 saturated heterocycles. The number of hydrogen-bond acceptors (Lipinski definition) is 7. The van der Waals surface area contributed by atoms with Crippen molar-refractivity contribution in [2.24, 2.45) is 0 Å². The fourth-order valence-corrected chi connectivity index (χ4v) is 5.32. The summed E-state index contributed by atoms with van der Waals surface area (Å²) in [5.74, 6) is 0.689. The number of nitrogens with one attached hydrogen (secondary N) is 1. The van der Waals surface area contributed by atoms with Gasteiger partial charge in [-0.3, -0.25) is 9.71 Å². The molecule has 0 amide bonds. The van der Waals surface area contributed by atoms with Crippen molar-refractivity contribution in [2.45, 2.75) is 11.8 Å². The molecule has 0 radical (unpaired) electrons. The standard InChI is InChI=1S/C28H20ClN5O3S/c1-17-11-18(3-6-25(17)29)23-14-26(37-2)24(13-20(23)15-30)28-22-5-4-21(12-19(22)7-10-32-28)38(35,36)34-27-8-9-31-16-33-27/h3-14,16H,1-2H3,(H,31,33,34). The summed E-state index contributed by atoms with van der Waals surface area (Å²) in [5.41, 5.74) is 4.05. The van der Waals surface area contributed by atoms with Gasteiger partial charge < -0.3 is 4.74 Å². The lowest BCUT2D eigenvalue weighted by atomic mass is 9.94. The molecule has 188 valence electrons. The molecule has 1 N–H and O–H groups in total. The first-order chi connectivity index (χ1) is 18.3. The minimum Gasteiger partial charge on any atom is -0.496 e. The lowest BCUT2D eigenvalue weighted by molar-refractivity contribution is 0.416. The molecule has 0 spiro atoms. The van der Waals surface area contributed by atoms with Crippen molar-refractivity contribution >= 4 is 38.2 Å². The van der Waals surface area contributed by atoms with Gasteiger partial charge in [-0.15, -0.1) is 0 Å². The highest BCUT2D eigenvalue weighted by molar-refractivity contribution is 7.92. The molecule has 5 aromatic rings. The first-order valence-corrected chi connectivity index (χ1v) is 13.2. The number of fused-ring (bicyclic) bond motifs is 1. The molecule has 0 saturated carbocycles. The number of hydrogen-bond donors (Lipinski definition) is 1. The largest absolute Gasteiger partial charge is 0.496 e. The predicted molar refractivity (Wildman–Crippen MR) is 146 cm³/mol. The van der Waals surface area contributed by atoms with E-state index in [4.69, 9.17) is 16.3 Å². The fraction of sp³-hybridized carbons (Fsp3) is 0.0714. The number of rotatable bonds is 6. The Bertz CT molecular complexity index is 1840. The Morgan fingerprint density at radius 3 is 2.53 bits per heavy atom. The van der Waals surface area contributed by atoms with E-state index < -0.39 is 10.0 Å². The Hall–Kier alpha value is -4.52. The van der Waals surface area contributed by atoms with Crippen molar-refractivity contribution in [1.29, 1.82) is 5.26 Å². The molecule has 0 fully saturated rings. The van der Waals surface area contributed by atoms with Gasteiger partial charge in [-0.1, -0.05) is 23.7 Å². The topological polar surface area (TPSA) is 118 Å². The van der Waals surface area contributed by atoms with Crippen LogP contribution in [0.15, 0.2) is 84.3 Å². The number of nitriles is 1. The molecular weight excluding hydrogens is 522 g/mol. The number of benzene rings is 3. The predicted octanol–water partition coefficient (Wildman–Crippen LogP) is 6.00. The quantitative estimate of drug-likeness (QED) is 0.280. The Balaban J connectivity index is 1.61. The second-order valence-electron chi connectivity index (χ2n) is 8.42. The summed E-state index contributed by atoms with van der Waals surface area (Å²) in [4.78, 5) is 12.3. The van der Waals surface area contributed by atoms with Crippen LogP contribution in [0, 0.1) is 18.3 Å². The lowest BCUT2D eigenvalue weighted by Crippen LogP contribution is -2.13. The summed E-state index contributed by atoms with van der Waals surface area (Å²) in [7, 11) is -2.33. The number of sulfonamides is 1. The highest BCUT2D eigenvalue weighted by Crippen LogP contribution is 2.39. The third-order valence-electron chi connectivity index (χ3n) is 6.05. The normalized spacial score (nSPS) is 11.2. The van der Waals surface area contributed by atoms with E-state index in [1.807, 2.05) is 25.1 Å². The van der Waals surface area contributed by atoms with Crippen LogP contribution in [-0.2, 0) is 10.0 Å². The minimum absolute atomic E-state index is 0.0684. The maximum absolute atomic E-state index is 12.9. The van der Waals surface area contributed by atoms with Gasteiger partial charge >= 0.3 is 0 Å². The van der Waals surface area contributed by atoms with Gasteiger partial charge in [0.25, 0.3) is 10.0 Å². The number of methoxy groups -OCH3 is 1. The molecule has 0 aliphatic rings. The zero-order chi connectivity index (χ0) is 26.9. The second kappa shape index (κ2) is 10.1. The molecule has 0 aliphatic carbocycles. The SMILES string of the molecule is COc1cc(-c2ccc(Cl)c(C)c2)c(C#N)cc1-c1nccc2cc(S(=O)(=O)Nc3ccncn3)ccc12. The molecule has 2 aromatic heterocycles. The van der Waals surface area contributed by atoms with Gasteiger partial charge in [0, 0.05) is 33.9 Å². The number of nitrogens with zero attached hydrogens (tertiary/aromatic N) is 4. The van der Waals surface area contributed by atoms with Crippen LogP contribution in [0.25, 0.3) is 33.2 Å². The van der Waals surface area contributed by atoms with E-state index in [2.05, 4.69) is 25.7 Å². The summed E-state index contributed by atoms with van der Waals surface area (Å²) < 4.78 is 34.1. The zero-order valence-corrected chi connectivity index (χ0v) is 21.9. The van der Waals surface area contributed by atoms with E-state index in [1.165, 1.54) is 24.7 Å². The third-order valence-corrected chi connectivity index (χ3v) is 7.83. The second-order valence-corrected chi connectivity index (χ2v) is 10.5. The number of aromatic nitrogens is 3. The van der Waals surface area contributed by atoms with Gasteiger partial charge in [-0.2, -0.15) is 5.26 Å². The van der Waals surface area contributed by atoms with E-state index in [0.717, 1.165) is 11.1 Å². The molecule has 38 heavy (non-hydrogen) atoms. The van der Waals surface area contributed by atoms with Gasteiger partial charge in [0.2, 0.25) is 0 Å². The fourth-order valence-electron chi connectivity index (χ4n) is 4.16. The first-order valence-electron chi connectivity index (χ1n) is 11.4. The number of halogens is 1. The van der Waals surface area contributed by atoms with Gasteiger partial charge in [-0.05, 0) is 72.0 Å². The smallest absolute Gasteiger partial charge is 0.263 e. The molecule has 2 heterocycles. The van der Waals surface area contributed by atoms with E-state index in [9.17, 15) is 13.7 Å². The van der Waals surface area contributed by atoms with E-state index in [1.54, 1.807) is 43.6 Å². The molecule has 3 aromatic carbocycles. The van der Waals surface area contributed by atoms with Crippen LogP contribution in [0.4, 0.5) is 5.82 Å². The molecule has 8 nitrogen and oxygen atoms in total. The summed E-state index contributed by atoms with van der Waals surface area (Å²) in [6.45, 7) is 1.90. The Morgan fingerprint density at radius 2 is 1.82 bits per heavy atom. The van der Waals surface area contributed by atoms with Gasteiger partial charge in [0.1, 0.15) is 17.9 Å². The van der Waals surface area contributed by atoms with E-state index in [-0.39, 0.29) is 10.7 Å². The maximum Gasteiger partial charge on any atom is 0.263 e. The monoisotopic (exact) mass is 541 g/mol. The Labute approximate surface area is 224 Å². The molecule has 0 atom stereocenters. The highest BCUT2D eigenvalue weighted by Gasteiger charge is 2.19. The van der Waals surface area contributed by atoms with Gasteiger partial charge in [0.05, 0.1) is 29.3 Å². The van der Waals surface area contributed by atoms with Crippen molar-refractivity contribution in [3.63, 3.8) is 0 Å². The van der Waals surface area contributed by atoms with Crippen molar-refractivity contribution in [1.82, 2.24) is 15.0 Å². The lowest BCUT2D eigenvalue weighted by Gasteiger charge is -2.15. The molecular formula is C28H20ClN5O3S. The van der Waals surface area contributed by atoms with Crippen LogP contribution in [-0.4, -0.2) is 30.5 Å². The van der Waals surface area contributed by atoms with Crippen molar-refractivity contribution in [2.75, 3.05) is 11.8 Å². The van der Waals surface area contributed by atoms with Crippen LogP contribution < -0.4 is 9.46 Å². The third kappa shape index (κ3) is 4.75.